The first-order valence-corrected chi connectivity index (χ1v) is 10.6. The van der Waals surface area contributed by atoms with Gasteiger partial charge in [0.1, 0.15) is 5.75 Å². The van der Waals surface area contributed by atoms with Crippen LogP contribution in [0.2, 0.25) is 0 Å². The molecule has 0 bridgehead atoms. The number of likely N-dealkylation sites (tertiary alicyclic amines) is 1. The van der Waals surface area contributed by atoms with Crippen LogP contribution in [0, 0.1) is 6.92 Å². The van der Waals surface area contributed by atoms with Crippen LogP contribution in [0.5, 0.6) is 5.75 Å². The summed E-state index contributed by atoms with van der Waals surface area (Å²) in [4.78, 5) is 26.7. The molecule has 1 heterocycles. The molecule has 0 aliphatic carbocycles. The standard InChI is InChI=1S/C25H32N2O3/c1-18-5-7-19(8-6-18)24(29)27-15-13-21(14-16-27)26-23(28)17-30-22-11-9-20(10-12-22)25(2,3)4/h5-12,21H,13-17H2,1-4H3,(H,26,28). The number of carbonyl (C=O) groups is 2. The van der Waals surface area contributed by atoms with Crippen LogP contribution < -0.4 is 10.1 Å². The number of piperidine rings is 1. The van der Waals surface area contributed by atoms with E-state index in [-0.39, 0.29) is 29.9 Å². The molecule has 160 valence electrons. The Kier molecular flexibility index (Phi) is 6.80. The van der Waals surface area contributed by atoms with E-state index in [1.807, 2.05) is 60.4 Å². The molecule has 1 saturated heterocycles. The molecule has 1 aliphatic heterocycles. The zero-order valence-corrected chi connectivity index (χ0v) is 18.4. The normalized spacial score (nSPS) is 15.0. The number of rotatable bonds is 5. The summed E-state index contributed by atoms with van der Waals surface area (Å²) in [6.07, 6.45) is 1.51. The fourth-order valence-corrected chi connectivity index (χ4v) is 3.58. The summed E-state index contributed by atoms with van der Waals surface area (Å²) in [5, 5.41) is 3.03. The zero-order valence-electron chi connectivity index (χ0n) is 18.4. The van der Waals surface area contributed by atoms with E-state index in [0.29, 0.717) is 24.4 Å². The van der Waals surface area contributed by atoms with E-state index in [9.17, 15) is 9.59 Å². The summed E-state index contributed by atoms with van der Waals surface area (Å²) in [5.41, 5.74) is 3.17. The Bertz CT molecular complexity index is 859. The first-order valence-electron chi connectivity index (χ1n) is 10.6. The van der Waals surface area contributed by atoms with Gasteiger partial charge in [-0.2, -0.15) is 0 Å². The number of aryl methyl sites for hydroxylation is 1. The SMILES string of the molecule is Cc1ccc(C(=O)N2CCC(NC(=O)COc3ccc(C(C)(C)C)cc3)CC2)cc1. The second-order valence-electron chi connectivity index (χ2n) is 9.06. The Hall–Kier alpha value is -2.82. The fourth-order valence-electron chi connectivity index (χ4n) is 3.58. The third-order valence-corrected chi connectivity index (χ3v) is 5.54. The van der Waals surface area contributed by atoms with Gasteiger partial charge in [-0.15, -0.1) is 0 Å². The lowest BCUT2D eigenvalue weighted by Crippen LogP contribution is -2.47. The lowest BCUT2D eigenvalue weighted by molar-refractivity contribution is -0.124. The number of amides is 2. The predicted octanol–water partition coefficient (Wildman–Crippen LogP) is 4.09. The largest absolute Gasteiger partial charge is 0.484 e. The molecular formula is C25H32N2O3. The van der Waals surface area contributed by atoms with Crippen LogP contribution in [0.1, 0.15) is 55.1 Å². The average Bonchev–Trinajstić information content (AvgIpc) is 2.72. The smallest absolute Gasteiger partial charge is 0.258 e. The highest BCUT2D eigenvalue weighted by Gasteiger charge is 2.24. The second-order valence-corrected chi connectivity index (χ2v) is 9.06. The molecule has 2 aromatic rings. The van der Waals surface area contributed by atoms with Gasteiger partial charge in [-0.05, 0) is 55.0 Å². The Morgan fingerprint density at radius 2 is 1.60 bits per heavy atom. The van der Waals surface area contributed by atoms with Gasteiger partial charge in [0.25, 0.3) is 11.8 Å². The van der Waals surface area contributed by atoms with Gasteiger partial charge in [0, 0.05) is 24.7 Å². The third-order valence-electron chi connectivity index (χ3n) is 5.54. The number of carbonyl (C=O) groups excluding carboxylic acids is 2. The fraction of sp³-hybridized carbons (Fsp3) is 0.440. The van der Waals surface area contributed by atoms with Crippen LogP contribution in [0.15, 0.2) is 48.5 Å². The molecule has 0 unspecified atom stereocenters. The molecule has 30 heavy (non-hydrogen) atoms. The van der Waals surface area contributed by atoms with E-state index in [4.69, 9.17) is 4.74 Å². The third kappa shape index (κ3) is 5.85. The lowest BCUT2D eigenvalue weighted by Gasteiger charge is -2.32. The summed E-state index contributed by atoms with van der Waals surface area (Å²) in [6.45, 7) is 9.78. The van der Waals surface area contributed by atoms with E-state index < -0.39 is 0 Å². The van der Waals surface area contributed by atoms with E-state index in [0.717, 1.165) is 18.4 Å². The predicted molar refractivity (Wildman–Crippen MR) is 119 cm³/mol. The highest BCUT2D eigenvalue weighted by molar-refractivity contribution is 5.94. The molecule has 5 heteroatoms. The van der Waals surface area contributed by atoms with Crippen molar-refractivity contribution in [3.63, 3.8) is 0 Å². The van der Waals surface area contributed by atoms with Crippen molar-refractivity contribution < 1.29 is 14.3 Å². The van der Waals surface area contributed by atoms with Crippen molar-refractivity contribution in [1.29, 1.82) is 0 Å². The van der Waals surface area contributed by atoms with Crippen molar-refractivity contribution in [2.24, 2.45) is 0 Å². The van der Waals surface area contributed by atoms with Crippen LogP contribution >= 0.6 is 0 Å². The minimum atomic E-state index is -0.127. The molecule has 0 aromatic heterocycles. The molecule has 2 amide bonds. The van der Waals surface area contributed by atoms with Crippen molar-refractivity contribution in [2.75, 3.05) is 19.7 Å². The van der Waals surface area contributed by atoms with Gasteiger partial charge in [0.05, 0.1) is 0 Å². The summed E-state index contributed by atoms with van der Waals surface area (Å²) in [5.74, 6) is 0.622. The van der Waals surface area contributed by atoms with Crippen LogP contribution in [-0.4, -0.2) is 42.5 Å². The number of benzene rings is 2. The molecule has 5 nitrogen and oxygen atoms in total. The molecule has 0 atom stereocenters. The van der Waals surface area contributed by atoms with Crippen molar-refractivity contribution in [3.8, 4) is 5.75 Å². The van der Waals surface area contributed by atoms with E-state index >= 15 is 0 Å². The maximum Gasteiger partial charge on any atom is 0.258 e. The van der Waals surface area contributed by atoms with E-state index in [1.54, 1.807) is 0 Å². The number of ether oxygens (including phenoxy) is 1. The second kappa shape index (κ2) is 9.33. The van der Waals surface area contributed by atoms with Gasteiger partial charge >= 0.3 is 0 Å². The molecule has 0 spiro atoms. The summed E-state index contributed by atoms with van der Waals surface area (Å²) in [6, 6.07) is 15.6. The summed E-state index contributed by atoms with van der Waals surface area (Å²) in [7, 11) is 0. The Labute approximate surface area is 179 Å². The number of nitrogens with one attached hydrogen (secondary N) is 1. The van der Waals surface area contributed by atoms with E-state index in [1.165, 1.54) is 5.56 Å². The minimum Gasteiger partial charge on any atom is -0.484 e. The maximum absolute atomic E-state index is 12.6. The van der Waals surface area contributed by atoms with Crippen LogP contribution in [0.25, 0.3) is 0 Å². The highest BCUT2D eigenvalue weighted by Crippen LogP contribution is 2.24. The first kappa shape index (κ1) is 21.9. The van der Waals surface area contributed by atoms with Crippen molar-refractivity contribution in [3.05, 3.63) is 65.2 Å². The quantitative estimate of drug-likeness (QED) is 0.811. The monoisotopic (exact) mass is 408 g/mol. The van der Waals surface area contributed by atoms with Crippen LogP contribution in [0.4, 0.5) is 0 Å². The van der Waals surface area contributed by atoms with Gasteiger partial charge in [0.15, 0.2) is 6.61 Å². The first-order chi connectivity index (χ1) is 14.2. The number of hydrogen-bond donors (Lipinski definition) is 1. The van der Waals surface area contributed by atoms with Gasteiger partial charge in [-0.1, -0.05) is 50.6 Å². The minimum absolute atomic E-state index is 0.00260. The van der Waals surface area contributed by atoms with Crippen LogP contribution in [-0.2, 0) is 10.2 Å². The zero-order chi connectivity index (χ0) is 21.7. The van der Waals surface area contributed by atoms with Crippen molar-refractivity contribution >= 4 is 11.8 Å². The van der Waals surface area contributed by atoms with Gasteiger partial charge in [0.2, 0.25) is 0 Å². The Morgan fingerprint density at radius 1 is 1.00 bits per heavy atom. The van der Waals surface area contributed by atoms with E-state index in [2.05, 4.69) is 26.1 Å². The molecule has 0 saturated carbocycles. The summed E-state index contributed by atoms with van der Waals surface area (Å²) < 4.78 is 5.63. The average molecular weight is 409 g/mol. The Morgan fingerprint density at radius 3 is 2.17 bits per heavy atom. The Balaban J connectivity index is 1.42. The number of nitrogens with zero attached hydrogens (tertiary/aromatic N) is 1. The van der Waals surface area contributed by atoms with Gasteiger partial charge in [-0.25, -0.2) is 0 Å². The topological polar surface area (TPSA) is 58.6 Å². The van der Waals surface area contributed by atoms with Gasteiger partial charge in [-0.3, -0.25) is 9.59 Å². The van der Waals surface area contributed by atoms with Gasteiger partial charge < -0.3 is 15.0 Å². The van der Waals surface area contributed by atoms with Crippen molar-refractivity contribution in [2.45, 2.75) is 52.0 Å². The maximum atomic E-state index is 12.6. The molecule has 1 aliphatic rings. The molecule has 0 radical (unpaired) electrons. The molecular weight excluding hydrogens is 376 g/mol. The molecule has 3 rings (SSSR count). The van der Waals surface area contributed by atoms with Crippen LogP contribution in [0.3, 0.4) is 0 Å². The highest BCUT2D eigenvalue weighted by atomic mass is 16.5. The summed E-state index contributed by atoms with van der Waals surface area (Å²) >= 11 is 0. The number of hydrogen-bond acceptors (Lipinski definition) is 3. The molecule has 1 fully saturated rings. The van der Waals surface area contributed by atoms with Crippen molar-refractivity contribution in [1.82, 2.24) is 10.2 Å². The lowest BCUT2D eigenvalue weighted by atomic mass is 9.87. The molecule has 1 N–H and O–H groups in total. The molecule has 2 aromatic carbocycles.